The van der Waals surface area contributed by atoms with Gasteiger partial charge in [-0.2, -0.15) is 15.0 Å². The van der Waals surface area contributed by atoms with E-state index in [4.69, 9.17) is 37.9 Å². The Bertz CT molecular complexity index is 5020. The number of nitrogen functional groups attached to an aromatic ring is 1. The Morgan fingerprint density at radius 2 is 0.840 bits per heavy atom. The molecule has 0 atom stereocenters. The highest BCUT2D eigenvalue weighted by Crippen LogP contribution is 2.37. The topological polar surface area (TPSA) is 280 Å². The first kappa shape index (κ1) is 62.9. The molecule has 13 aromatic rings. The molecular formula is C71H67N11O12. The second-order valence-corrected chi connectivity index (χ2v) is 22.0. The van der Waals surface area contributed by atoms with Gasteiger partial charge in [0.05, 0.1) is 39.5 Å². The summed E-state index contributed by atoms with van der Waals surface area (Å²) in [5.74, 6) is 0.446. The fourth-order valence-corrected chi connectivity index (χ4v) is 11.4. The van der Waals surface area contributed by atoms with Gasteiger partial charge in [0, 0.05) is 84.3 Å². The number of nitrogens with zero attached hydrogens (tertiary/aromatic N) is 7. The summed E-state index contributed by atoms with van der Waals surface area (Å²) in [6.07, 6.45) is 1.87. The molecular weight excluding hydrogens is 1200 g/mol. The molecule has 0 aliphatic carbocycles. The molecule has 0 saturated carbocycles. The van der Waals surface area contributed by atoms with E-state index in [0.29, 0.717) is 136 Å². The van der Waals surface area contributed by atoms with Gasteiger partial charge in [0.25, 0.3) is 0 Å². The number of carbonyl (C=O) groups is 2. The van der Waals surface area contributed by atoms with Crippen molar-refractivity contribution in [1.29, 1.82) is 0 Å². The third kappa shape index (κ3) is 13.8. The van der Waals surface area contributed by atoms with Crippen LogP contribution >= 0.6 is 0 Å². The van der Waals surface area contributed by atoms with Crippen LogP contribution in [0.1, 0.15) is 12.8 Å². The lowest BCUT2D eigenvalue weighted by atomic mass is 10.1. The third-order valence-electron chi connectivity index (χ3n) is 15.9. The molecule has 7 heterocycles. The number of likely N-dealkylation sites (tertiary alicyclic amines) is 1. The number of furan rings is 3. The first-order valence-corrected chi connectivity index (χ1v) is 30.6. The highest BCUT2D eigenvalue weighted by atomic mass is 16.6. The minimum atomic E-state index is -0.600. The van der Waals surface area contributed by atoms with Gasteiger partial charge in [-0.1, -0.05) is 91.0 Å². The molecule has 1 aliphatic heterocycles. The zero-order chi connectivity index (χ0) is 65.1. The van der Waals surface area contributed by atoms with Crippen LogP contribution in [0.4, 0.5) is 26.7 Å². The maximum absolute atomic E-state index is 13.0. The van der Waals surface area contributed by atoms with Crippen LogP contribution in [-0.4, -0.2) is 113 Å². The van der Waals surface area contributed by atoms with Gasteiger partial charge >= 0.3 is 29.2 Å². The van der Waals surface area contributed by atoms with Crippen LogP contribution in [0, 0.1) is 0 Å². The smallest absolute Gasteiger partial charge is 0.417 e. The first-order valence-electron chi connectivity index (χ1n) is 30.6. The molecule has 0 unspecified atom stereocenters. The minimum Gasteiger partial charge on any atom is -0.452 e. The molecule has 1 aliphatic rings. The largest absolute Gasteiger partial charge is 0.452 e. The SMILES string of the molecule is COCCn1c(=O)nc(-c2ccc(N)cc2)c2oc3ccccc3c21.COCCn1c(=O)nc(-c2ccc(NC(=O)NCCN3CCCC3)cc2)c2oc3ccccc3c21.COCCn1c(=O)nc(-c2ccc(NC(=O)Oc3ccccc3)cc2)c2oc3ccccc3c21. The van der Waals surface area contributed by atoms with Crippen LogP contribution in [0.2, 0.25) is 0 Å². The molecule has 5 N–H and O–H groups in total. The summed E-state index contributed by atoms with van der Waals surface area (Å²) >= 11 is 0. The fourth-order valence-electron chi connectivity index (χ4n) is 11.4. The van der Waals surface area contributed by atoms with Crippen LogP contribution in [-0.2, 0) is 33.8 Å². The maximum Gasteiger partial charge on any atom is 0.417 e. The molecule has 94 heavy (non-hydrogen) atoms. The Labute approximate surface area is 536 Å². The van der Waals surface area contributed by atoms with Crippen molar-refractivity contribution in [2.45, 2.75) is 32.5 Å². The number of nitrogens with one attached hydrogen (secondary N) is 3. The summed E-state index contributed by atoms with van der Waals surface area (Å²) in [5, 5.41) is 11.0. The standard InChI is InChI=1S/C26H29N5O4.C26H21N3O5.C19H17N3O3/c1-34-17-16-31-23-20-6-2-3-7-21(20)35-24(23)22(29-26(31)33)18-8-10-19(11-9-18)28-25(32)27-12-15-30-13-4-5-14-30;1-32-16-15-29-23-20-9-5-6-10-21(20)34-24(23)22(28-25(29)30)17-11-13-18(14-12-17)27-26(31)33-19-7-3-2-4-8-19;1-24-11-10-22-17-14-4-2-3-5-15(14)25-18(17)16(21-19(22)23)12-6-8-13(20)9-7-12/h2-3,6-11H,4-5,12-17H2,1H3,(H2,27,28,32);2-14H,15-16H2,1H3,(H,27,31);2-9H,10-11,20H2,1H3. The highest BCUT2D eigenvalue weighted by molar-refractivity contribution is 6.09. The van der Waals surface area contributed by atoms with Crippen molar-refractivity contribution >= 4 is 95.4 Å². The summed E-state index contributed by atoms with van der Waals surface area (Å²) < 4.78 is 43.8. The number of nitrogens with two attached hydrogens (primary N) is 1. The van der Waals surface area contributed by atoms with Gasteiger partial charge in [0.15, 0.2) is 16.7 Å². The van der Waals surface area contributed by atoms with Crippen molar-refractivity contribution in [2.24, 2.45) is 0 Å². The van der Waals surface area contributed by atoms with E-state index < -0.39 is 6.09 Å². The van der Waals surface area contributed by atoms with Crippen molar-refractivity contribution in [3.05, 3.63) is 207 Å². The number of hydrogen-bond acceptors (Lipinski definition) is 17. The lowest BCUT2D eigenvalue weighted by molar-refractivity contribution is 0.187. The van der Waals surface area contributed by atoms with Gasteiger partial charge in [-0.25, -0.2) is 24.0 Å². The lowest BCUT2D eigenvalue weighted by Gasteiger charge is -2.15. The van der Waals surface area contributed by atoms with Crippen LogP contribution in [0.25, 0.3) is 100.0 Å². The third-order valence-corrected chi connectivity index (χ3v) is 15.9. The van der Waals surface area contributed by atoms with E-state index >= 15 is 0 Å². The number of carbonyl (C=O) groups excluding carboxylic acids is 2. The second-order valence-electron chi connectivity index (χ2n) is 22.0. The number of anilines is 3. The summed E-state index contributed by atoms with van der Waals surface area (Å²) in [6.45, 7) is 5.99. The van der Waals surface area contributed by atoms with Crippen molar-refractivity contribution in [2.75, 3.05) is 83.7 Å². The van der Waals surface area contributed by atoms with E-state index in [1.807, 2.05) is 103 Å². The minimum absolute atomic E-state index is 0.240. The molecule has 14 rings (SSSR count). The van der Waals surface area contributed by atoms with Gasteiger partial charge in [-0.3, -0.25) is 19.0 Å². The molecule has 3 amide bonds. The zero-order valence-corrected chi connectivity index (χ0v) is 51.8. The lowest BCUT2D eigenvalue weighted by Crippen LogP contribution is -2.35. The average molecular weight is 1270 g/mol. The molecule has 1 fully saturated rings. The molecule has 7 aromatic carbocycles. The van der Waals surface area contributed by atoms with Crippen LogP contribution in [0.3, 0.4) is 0 Å². The number of para-hydroxylation sites is 4. The van der Waals surface area contributed by atoms with Crippen LogP contribution in [0.5, 0.6) is 5.75 Å². The van der Waals surface area contributed by atoms with E-state index in [-0.39, 0.29) is 23.1 Å². The summed E-state index contributed by atoms with van der Waals surface area (Å²) in [5.41, 5.74) is 16.0. The number of urea groups is 1. The fraction of sp³-hybridized carbons (Fsp3) is 0.211. The van der Waals surface area contributed by atoms with E-state index in [1.165, 1.54) is 12.8 Å². The number of ether oxygens (including phenoxy) is 4. The van der Waals surface area contributed by atoms with E-state index in [9.17, 15) is 24.0 Å². The Hall–Kier alpha value is -11.2. The highest BCUT2D eigenvalue weighted by Gasteiger charge is 2.23. The van der Waals surface area contributed by atoms with Gasteiger partial charge in [-0.15, -0.1) is 0 Å². The molecule has 478 valence electrons. The zero-order valence-electron chi connectivity index (χ0n) is 51.8. The van der Waals surface area contributed by atoms with E-state index in [0.717, 1.165) is 52.4 Å². The van der Waals surface area contributed by atoms with E-state index in [1.54, 1.807) is 108 Å². The van der Waals surface area contributed by atoms with Crippen molar-refractivity contribution < 1.29 is 41.8 Å². The van der Waals surface area contributed by atoms with E-state index in [2.05, 4.69) is 35.8 Å². The molecule has 0 radical (unpaired) electrons. The quantitative estimate of drug-likeness (QED) is 0.0581. The van der Waals surface area contributed by atoms with Crippen molar-refractivity contribution in [3.63, 3.8) is 0 Å². The number of amides is 3. The Balaban J connectivity index is 0.000000137. The number of fused-ring (bicyclic) bond motifs is 9. The number of benzene rings is 7. The monoisotopic (exact) mass is 1270 g/mol. The maximum atomic E-state index is 13.0. The van der Waals surface area contributed by atoms with Crippen LogP contribution < -0.4 is 43.5 Å². The van der Waals surface area contributed by atoms with Crippen LogP contribution in [0.15, 0.2) is 204 Å². The Morgan fingerprint density at radius 1 is 0.468 bits per heavy atom. The Morgan fingerprint density at radius 3 is 1.24 bits per heavy atom. The molecule has 0 bridgehead atoms. The molecule has 6 aromatic heterocycles. The van der Waals surface area contributed by atoms with Gasteiger partial charge in [-0.05, 0) is 111 Å². The molecule has 23 heteroatoms. The molecule has 1 saturated heterocycles. The first-order chi connectivity index (χ1) is 46.0. The summed E-state index contributed by atoms with van der Waals surface area (Å²) in [7, 11) is 4.79. The van der Waals surface area contributed by atoms with Gasteiger partial charge in [0.2, 0.25) is 0 Å². The predicted octanol–water partition coefficient (Wildman–Crippen LogP) is 11.8. The second kappa shape index (κ2) is 28.9. The average Bonchev–Trinajstić information content (AvgIpc) is 1.58. The van der Waals surface area contributed by atoms with Crippen molar-refractivity contribution in [1.82, 2.24) is 38.9 Å². The molecule has 23 nitrogen and oxygen atoms in total. The summed E-state index contributed by atoms with van der Waals surface area (Å²) in [6, 6.07) is 52.8. The number of aromatic nitrogens is 6. The van der Waals surface area contributed by atoms with Gasteiger partial charge < -0.3 is 53.5 Å². The normalized spacial score (nSPS) is 12.3. The number of methoxy groups -OCH3 is 3. The molecule has 0 spiro atoms. The van der Waals surface area contributed by atoms with Crippen molar-refractivity contribution in [3.8, 4) is 39.5 Å². The summed E-state index contributed by atoms with van der Waals surface area (Å²) in [4.78, 5) is 78.3. The van der Waals surface area contributed by atoms with Gasteiger partial charge in [0.1, 0.15) is 56.1 Å². The number of rotatable bonds is 18. The Kier molecular flexibility index (Phi) is 19.4. The number of hydrogen-bond donors (Lipinski definition) is 4. The predicted molar refractivity (Wildman–Crippen MR) is 362 cm³/mol.